The number of benzene rings is 2. The van der Waals surface area contributed by atoms with E-state index in [2.05, 4.69) is 52.9 Å². The Labute approximate surface area is 206 Å². The summed E-state index contributed by atoms with van der Waals surface area (Å²) in [5.41, 5.74) is 2.04. The molecule has 0 aliphatic carbocycles. The van der Waals surface area contributed by atoms with Crippen molar-refractivity contribution >= 4 is 29.9 Å². The van der Waals surface area contributed by atoms with Gasteiger partial charge in [0.15, 0.2) is 11.8 Å². The summed E-state index contributed by atoms with van der Waals surface area (Å²) in [5.74, 6) is 3.40. The highest BCUT2D eigenvalue weighted by Gasteiger charge is 2.34. The minimum atomic E-state index is -0.267. The summed E-state index contributed by atoms with van der Waals surface area (Å²) < 4.78 is 8.17. The molecule has 7 nitrogen and oxygen atoms in total. The monoisotopic (exact) mass is 546 g/mol. The van der Waals surface area contributed by atoms with Gasteiger partial charge in [0.25, 0.3) is 0 Å². The fourth-order valence-corrected chi connectivity index (χ4v) is 3.77. The standard InChI is InChI=1S/C24H30N6O.HI/c1-17-28-29-22(30(17)4)16-26-23(25-15-18-10-6-5-7-11-18)27-20-14-24(2,3)31-21-13-9-8-12-19(20)21;/h5-13,20H,14-16H2,1-4H3,(H2,25,26,27);1H. The molecule has 1 unspecified atom stereocenters. The molecule has 2 heterocycles. The van der Waals surface area contributed by atoms with Gasteiger partial charge in [0, 0.05) is 19.0 Å². The maximum absolute atomic E-state index is 6.19. The number of rotatable bonds is 5. The first kappa shape index (κ1) is 24.0. The first-order chi connectivity index (χ1) is 14.9. The Morgan fingerprint density at radius 2 is 1.84 bits per heavy atom. The van der Waals surface area contributed by atoms with Gasteiger partial charge in [-0.15, -0.1) is 34.2 Å². The van der Waals surface area contributed by atoms with Gasteiger partial charge in [0.1, 0.15) is 17.2 Å². The topological polar surface area (TPSA) is 76.4 Å². The number of fused-ring (bicyclic) bond motifs is 1. The second kappa shape index (κ2) is 10.3. The highest BCUT2D eigenvalue weighted by molar-refractivity contribution is 14.0. The van der Waals surface area contributed by atoms with Crippen molar-refractivity contribution in [2.75, 3.05) is 0 Å². The summed E-state index contributed by atoms with van der Waals surface area (Å²) in [6, 6.07) is 18.5. The van der Waals surface area contributed by atoms with Crippen LogP contribution in [0, 0.1) is 6.92 Å². The molecule has 2 aromatic carbocycles. The van der Waals surface area contributed by atoms with Crippen molar-refractivity contribution < 1.29 is 4.74 Å². The first-order valence-corrected chi connectivity index (χ1v) is 10.6. The van der Waals surface area contributed by atoms with Crippen LogP contribution in [0.4, 0.5) is 0 Å². The van der Waals surface area contributed by atoms with Crippen LogP contribution in [0.1, 0.15) is 49.1 Å². The van der Waals surface area contributed by atoms with E-state index < -0.39 is 0 Å². The fourth-order valence-electron chi connectivity index (χ4n) is 3.77. The molecular weight excluding hydrogens is 515 g/mol. The number of aryl methyl sites for hydroxylation is 1. The van der Waals surface area contributed by atoms with Gasteiger partial charge in [0.2, 0.25) is 0 Å². The summed E-state index contributed by atoms with van der Waals surface area (Å²) in [7, 11) is 1.97. The van der Waals surface area contributed by atoms with Crippen LogP contribution in [0.5, 0.6) is 5.75 Å². The average molecular weight is 546 g/mol. The van der Waals surface area contributed by atoms with Crippen molar-refractivity contribution in [2.45, 2.75) is 51.9 Å². The van der Waals surface area contributed by atoms with Gasteiger partial charge in [-0.2, -0.15) is 0 Å². The van der Waals surface area contributed by atoms with Crippen molar-refractivity contribution in [1.82, 2.24) is 25.4 Å². The summed E-state index contributed by atoms with van der Waals surface area (Å²) in [5, 5.41) is 15.5. The zero-order valence-electron chi connectivity index (χ0n) is 19.0. The fraction of sp³-hybridized carbons (Fsp3) is 0.375. The molecule has 0 spiro atoms. The normalized spacial score (nSPS) is 17.0. The van der Waals surface area contributed by atoms with Crippen LogP contribution in [-0.4, -0.2) is 26.3 Å². The second-order valence-electron chi connectivity index (χ2n) is 8.53. The predicted octanol–water partition coefficient (Wildman–Crippen LogP) is 4.28. The molecule has 1 aliphatic heterocycles. The Morgan fingerprint density at radius 3 is 2.56 bits per heavy atom. The van der Waals surface area contributed by atoms with E-state index in [1.807, 2.05) is 54.9 Å². The molecule has 0 saturated carbocycles. The van der Waals surface area contributed by atoms with Crippen molar-refractivity contribution in [3.8, 4) is 5.75 Å². The average Bonchev–Trinajstić information content (AvgIpc) is 3.07. The molecular formula is C24H31IN6O. The van der Waals surface area contributed by atoms with Gasteiger partial charge in [0.05, 0.1) is 19.1 Å². The third-order valence-corrected chi connectivity index (χ3v) is 5.55. The molecule has 1 atom stereocenters. The van der Waals surface area contributed by atoms with E-state index in [0.29, 0.717) is 13.1 Å². The summed E-state index contributed by atoms with van der Waals surface area (Å²) in [6.45, 7) is 7.30. The number of aliphatic imine (C=N–C) groups is 1. The Balaban J connectivity index is 0.00000289. The minimum Gasteiger partial charge on any atom is -0.487 e. The van der Waals surface area contributed by atoms with E-state index in [1.54, 1.807) is 0 Å². The lowest BCUT2D eigenvalue weighted by Gasteiger charge is -2.38. The van der Waals surface area contributed by atoms with Gasteiger partial charge in [-0.05, 0) is 32.4 Å². The lowest BCUT2D eigenvalue weighted by molar-refractivity contribution is 0.0694. The highest BCUT2D eigenvalue weighted by Crippen LogP contribution is 2.39. The van der Waals surface area contributed by atoms with Crippen LogP contribution < -0.4 is 15.4 Å². The van der Waals surface area contributed by atoms with Crippen molar-refractivity contribution in [2.24, 2.45) is 12.0 Å². The first-order valence-electron chi connectivity index (χ1n) is 10.6. The largest absolute Gasteiger partial charge is 0.487 e. The molecule has 32 heavy (non-hydrogen) atoms. The number of para-hydroxylation sites is 1. The van der Waals surface area contributed by atoms with Crippen LogP contribution >= 0.6 is 24.0 Å². The maximum Gasteiger partial charge on any atom is 0.192 e. The SMILES string of the molecule is Cc1nnc(CNC(=NCc2ccccc2)NC2CC(C)(C)Oc3ccccc32)n1C.I. The van der Waals surface area contributed by atoms with Gasteiger partial charge >= 0.3 is 0 Å². The van der Waals surface area contributed by atoms with Crippen LogP contribution in [0.3, 0.4) is 0 Å². The number of aromatic nitrogens is 3. The summed E-state index contributed by atoms with van der Waals surface area (Å²) in [6.07, 6.45) is 0.832. The molecule has 2 N–H and O–H groups in total. The van der Waals surface area contributed by atoms with E-state index in [-0.39, 0.29) is 35.6 Å². The lowest BCUT2D eigenvalue weighted by Crippen LogP contribution is -2.45. The number of nitrogens with zero attached hydrogens (tertiary/aromatic N) is 4. The van der Waals surface area contributed by atoms with E-state index in [1.165, 1.54) is 0 Å². The lowest BCUT2D eigenvalue weighted by atomic mass is 9.90. The van der Waals surface area contributed by atoms with Crippen molar-refractivity contribution in [3.05, 3.63) is 77.4 Å². The van der Waals surface area contributed by atoms with Crippen LogP contribution in [0.15, 0.2) is 59.6 Å². The van der Waals surface area contributed by atoms with Crippen LogP contribution in [-0.2, 0) is 20.1 Å². The zero-order valence-corrected chi connectivity index (χ0v) is 21.3. The third-order valence-electron chi connectivity index (χ3n) is 5.55. The molecule has 1 aromatic heterocycles. The minimum absolute atomic E-state index is 0. The molecule has 3 aromatic rings. The van der Waals surface area contributed by atoms with Gasteiger partial charge < -0.3 is 19.9 Å². The highest BCUT2D eigenvalue weighted by atomic mass is 127. The second-order valence-corrected chi connectivity index (χ2v) is 8.53. The molecule has 0 amide bonds. The van der Waals surface area contributed by atoms with Crippen molar-refractivity contribution in [3.63, 3.8) is 0 Å². The number of halogens is 1. The molecule has 1 aliphatic rings. The molecule has 0 radical (unpaired) electrons. The molecule has 0 bridgehead atoms. The summed E-state index contributed by atoms with van der Waals surface area (Å²) in [4.78, 5) is 4.86. The number of nitrogens with one attached hydrogen (secondary N) is 2. The molecule has 0 saturated heterocycles. The number of ether oxygens (including phenoxy) is 1. The van der Waals surface area contributed by atoms with E-state index >= 15 is 0 Å². The van der Waals surface area contributed by atoms with Crippen LogP contribution in [0.25, 0.3) is 0 Å². The Kier molecular flexibility index (Phi) is 7.76. The smallest absolute Gasteiger partial charge is 0.192 e. The van der Waals surface area contributed by atoms with Gasteiger partial charge in [-0.1, -0.05) is 48.5 Å². The van der Waals surface area contributed by atoms with Gasteiger partial charge in [-0.25, -0.2) is 4.99 Å². The quantitative estimate of drug-likeness (QED) is 0.284. The van der Waals surface area contributed by atoms with E-state index in [0.717, 1.165) is 40.9 Å². The summed E-state index contributed by atoms with van der Waals surface area (Å²) >= 11 is 0. The van der Waals surface area contributed by atoms with E-state index in [4.69, 9.17) is 9.73 Å². The molecule has 0 fully saturated rings. The Hall–Kier alpha value is -2.62. The maximum atomic E-state index is 6.19. The van der Waals surface area contributed by atoms with Crippen LogP contribution in [0.2, 0.25) is 0 Å². The molecule has 170 valence electrons. The van der Waals surface area contributed by atoms with Gasteiger partial charge in [-0.3, -0.25) is 0 Å². The number of hydrogen-bond donors (Lipinski definition) is 2. The molecule has 8 heteroatoms. The Morgan fingerprint density at radius 1 is 1.12 bits per heavy atom. The Bertz CT molecular complexity index is 1060. The van der Waals surface area contributed by atoms with Crippen molar-refractivity contribution in [1.29, 1.82) is 0 Å². The number of guanidine groups is 1. The predicted molar refractivity (Wildman–Crippen MR) is 137 cm³/mol. The zero-order chi connectivity index (χ0) is 21.8. The van der Waals surface area contributed by atoms with E-state index in [9.17, 15) is 0 Å². The molecule has 4 rings (SSSR count). The number of hydrogen-bond acceptors (Lipinski definition) is 4. The third kappa shape index (κ3) is 5.79.